The molecule has 0 spiro atoms. The van der Waals surface area contributed by atoms with Crippen molar-refractivity contribution in [2.75, 3.05) is 0 Å². The van der Waals surface area contributed by atoms with E-state index in [4.69, 9.17) is 10.2 Å². The van der Waals surface area contributed by atoms with Crippen LogP contribution in [-0.4, -0.2) is 22.2 Å². The fourth-order valence-corrected chi connectivity index (χ4v) is 1.80. The minimum Gasteiger partial charge on any atom is -0.481 e. The van der Waals surface area contributed by atoms with Gasteiger partial charge in [0.05, 0.1) is 5.92 Å². The molecule has 1 fully saturated rings. The molecule has 0 aromatic carbocycles. The third-order valence-electron chi connectivity index (χ3n) is 2.94. The zero-order valence-corrected chi connectivity index (χ0v) is 8.44. The summed E-state index contributed by atoms with van der Waals surface area (Å²) in [4.78, 5) is 21.3. The maximum Gasteiger partial charge on any atom is 0.330 e. The van der Waals surface area contributed by atoms with Crippen molar-refractivity contribution in [3.63, 3.8) is 0 Å². The quantitative estimate of drug-likeness (QED) is 0.672. The Hall–Kier alpha value is -1.32. The Morgan fingerprint density at radius 2 is 1.79 bits per heavy atom. The summed E-state index contributed by atoms with van der Waals surface area (Å²) in [6.07, 6.45) is 1.54. The summed E-state index contributed by atoms with van der Waals surface area (Å²) in [5.41, 5.74) is -0.102. The first kappa shape index (κ1) is 10.8. The van der Waals surface area contributed by atoms with Gasteiger partial charge in [-0.1, -0.05) is 19.9 Å². The van der Waals surface area contributed by atoms with E-state index < -0.39 is 17.9 Å². The average Bonchev–Trinajstić information content (AvgIpc) is 2.52. The molecule has 0 heterocycles. The van der Waals surface area contributed by atoms with Crippen LogP contribution in [0.2, 0.25) is 0 Å². The predicted molar refractivity (Wildman–Crippen MR) is 49.8 cm³/mol. The van der Waals surface area contributed by atoms with Crippen LogP contribution in [-0.2, 0) is 9.59 Å². The molecular weight excluding hydrogens is 184 g/mol. The summed E-state index contributed by atoms with van der Waals surface area (Å²) < 4.78 is 0. The van der Waals surface area contributed by atoms with Crippen molar-refractivity contribution in [2.45, 2.75) is 20.8 Å². The van der Waals surface area contributed by atoms with Gasteiger partial charge >= 0.3 is 11.9 Å². The van der Waals surface area contributed by atoms with E-state index in [0.717, 1.165) is 0 Å². The van der Waals surface area contributed by atoms with Crippen molar-refractivity contribution >= 4 is 11.9 Å². The van der Waals surface area contributed by atoms with Gasteiger partial charge in [-0.05, 0) is 18.3 Å². The fourth-order valence-electron chi connectivity index (χ4n) is 1.80. The number of hydrogen-bond acceptors (Lipinski definition) is 2. The van der Waals surface area contributed by atoms with Crippen molar-refractivity contribution in [1.29, 1.82) is 0 Å². The molecule has 0 aromatic heterocycles. The molecule has 2 atom stereocenters. The molecule has 1 aliphatic carbocycles. The molecule has 4 nitrogen and oxygen atoms in total. The lowest BCUT2D eigenvalue weighted by molar-refractivity contribution is -0.139. The van der Waals surface area contributed by atoms with Crippen molar-refractivity contribution in [3.05, 3.63) is 11.6 Å². The van der Waals surface area contributed by atoms with Crippen LogP contribution < -0.4 is 0 Å². The van der Waals surface area contributed by atoms with Crippen molar-refractivity contribution < 1.29 is 19.8 Å². The van der Waals surface area contributed by atoms with Crippen LogP contribution in [0.3, 0.4) is 0 Å². The number of aliphatic carboxylic acids is 2. The Bertz CT molecular complexity index is 314. The van der Waals surface area contributed by atoms with Crippen molar-refractivity contribution in [1.82, 2.24) is 0 Å². The third kappa shape index (κ3) is 1.64. The number of carbonyl (C=O) groups is 2. The molecule has 0 radical (unpaired) electrons. The summed E-state index contributed by atoms with van der Waals surface area (Å²) in [5.74, 6) is -2.45. The standard InChI is InChI=1S/C10H14O4/c1-5(8(11)12)4-6-7(9(13)14)10(6,2)3/h4,6-7H,1-3H3,(H,11,12)(H,13,14). The van der Waals surface area contributed by atoms with E-state index in [9.17, 15) is 9.59 Å². The SMILES string of the molecule is CC(=CC1C(C(=O)O)C1(C)C)C(=O)O. The molecular formula is C10H14O4. The molecule has 0 aliphatic heterocycles. The molecule has 1 rings (SSSR count). The monoisotopic (exact) mass is 198 g/mol. The molecule has 0 bridgehead atoms. The van der Waals surface area contributed by atoms with Gasteiger partial charge in [0, 0.05) is 5.57 Å². The topological polar surface area (TPSA) is 74.6 Å². The third-order valence-corrected chi connectivity index (χ3v) is 2.94. The lowest BCUT2D eigenvalue weighted by atomic mass is 10.1. The number of carboxylic acids is 2. The minimum atomic E-state index is -0.989. The van der Waals surface area contributed by atoms with Gasteiger partial charge in [-0.25, -0.2) is 4.79 Å². The average molecular weight is 198 g/mol. The molecule has 0 saturated heterocycles. The Balaban J connectivity index is 2.80. The van der Waals surface area contributed by atoms with E-state index in [0.29, 0.717) is 0 Å². The van der Waals surface area contributed by atoms with Crippen LogP contribution in [0.1, 0.15) is 20.8 Å². The summed E-state index contributed by atoms with van der Waals surface area (Å²) in [6.45, 7) is 5.15. The Morgan fingerprint density at radius 3 is 2.07 bits per heavy atom. The normalized spacial score (nSPS) is 29.8. The predicted octanol–water partition coefficient (Wildman–Crippen LogP) is 1.37. The van der Waals surface area contributed by atoms with Crippen LogP contribution >= 0.6 is 0 Å². The van der Waals surface area contributed by atoms with E-state index in [1.54, 1.807) is 6.08 Å². The molecule has 2 N–H and O–H groups in total. The van der Waals surface area contributed by atoms with Gasteiger partial charge in [-0.3, -0.25) is 4.79 Å². The van der Waals surface area contributed by atoms with Crippen LogP contribution in [0, 0.1) is 17.3 Å². The largest absolute Gasteiger partial charge is 0.481 e. The van der Waals surface area contributed by atoms with E-state index in [1.807, 2.05) is 13.8 Å². The summed E-state index contributed by atoms with van der Waals surface area (Å²) in [5, 5.41) is 17.5. The highest BCUT2D eigenvalue weighted by Gasteiger charge is 2.60. The second-order valence-corrected chi connectivity index (χ2v) is 4.32. The molecule has 78 valence electrons. The van der Waals surface area contributed by atoms with E-state index >= 15 is 0 Å². The molecule has 1 aliphatic rings. The summed E-state index contributed by atoms with van der Waals surface area (Å²) in [6, 6.07) is 0. The fraction of sp³-hybridized carbons (Fsp3) is 0.600. The highest BCUT2D eigenvalue weighted by atomic mass is 16.4. The van der Waals surface area contributed by atoms with Gasteiger partial charge < -0.3 is 10.2 Å². The maximum absolute atomic E-state index is 10.8. The lowest BCUT2D eigenvalue weighted by Gasteiger charge is -1.97. The van der Waals surface area contributed by atoms with Crippen LogP contribution in [0.5, 0.6) is 0 Å². The van der Waals surface area contributed by atoms with Gasteiger partial charge in [0.2, 0.25) is 0 Å². The highest BCUT2D eigenvalue weighted by Crippen LogP contribution is 2.59. The zero-order valence-electron chi connectivity index (χ0n) is 8.44. The van der Waals surface area contributed by atoms with E-state index in [1.165, 1.54) is 6.92 Å². The Kier molecular flexibility index (Phi) is 2.39. The van der Waals surface area contributed by atoms with Crippen molar-refractivity contribution in [3.8, 4) is 0 Å². The summed E-state index contributed by atoms with van der Waals surface area (Å²) >= 11 is 0. The lowest BCUT2D eigenvalue weighted by Crippen LogP contribution is -2.03. The van der Waals surface area contributed by atoms with Crippen LogP contribution in [0.15, 0.2) is 11.6 Å². The number of carboxylic acid groups (broad SMARTS) is 2. The summed E-state index contributed by atoms with van der Waals surface area (Å²) in [7, 11) is 0. The highest BCUT2D eigenvalue weighted by molar-refractivity contribution is 5.86. The smallest absolute Gasteiger partial charge is 0.330 e. The second-order valence-electron chi connectivity index (χ2n) is 4.32. The number of rotatable bonds is 3. The molecule has 2 unspecified atom stereocenters. The first-order valence-electron chi connectivity index (χ1n) is 4.43. The minimum absolute atomic E-state index is 0.156. The first-order valence-corrected chi connectivity index (χ1v) is 4.43. The van der Waals surface area contributed by atoms with E-state index in [2.05, 4.69) is 0 Å². The van der Waals surface area contributed by atoms with Gasteiger partial charge in [-0.2, -0.15) is 0 Å². The van der Waals surface area contributed by atoms with Crippen LogP contribution in [0.25, 0.3) is 0 Å². The van der Waals surface area contributed by atoms with E-state index in [-0.39, 0.29) is 16.9 Å². The molecule has 0 aromatic rings. The molecule has 4 heteroatoms. The Morgan fingerprint density at radius 1 is 1.29 bits per heavy atom. The van der Waals surface area contributed by atoms with Crippen LogP contribution in [0.4, 0.5) is 0 Å². The van der Waals surface area contributed by atoms with Gasteiger partial charge in [0.15, 0.2) is 0 Å². The maximum atomic E-state index is 10.8. The second kappa shape index (κ2) is 3.12. The van der Waals surface area contributed by atoms with Crippen molar-refractivity contribution in [2.24, 2.45) is 17.3 Å². The van der Waals surface area contributed by atoms with Gasteiger partial charge in [0.1, 0.15) is 0 Å². The molecule has 0 amide bonds. The zero-order chi connectivity index (χ0) is 11.1. The van der Waals surface area contributed by atoms with Gasteiger partial charge in [0.25, 0.3) is 0 Å². The number of hydrogen-bond donors (Lipinski definition) is 2. The molecule has 1 saturated carbocycles. The number of allylic oxidation sites excluding steroid dienone is 1. The Labute approximate surface area is 82.2 Å². The first-order chi connectivity index (χ1) is 6.28. The van der Waals surface area contributed by atoms with Gasteiger partial charge in [-0.15, -0.1) is 0 Å². The molecule has 14 heavy (non-hydrogen) atoms.